The number of carboxylic acid groups (broad SMARTS) is 2. The molecule has 0 heterocycles. The van der Waals surface area contributed by atoms with Gasteiger partial charge in [-0.3, -0.25) is 0 Å². The Hall–Kier alpha value is -3.34. The highest BCUT2D eigenvalue weighted by molar-refractivity contribution is 5.94. The molecule has 5 heteroatoms. The molecule has 0 spiro atoms. The zero-order valence-corrected chi connectivity index (χ0v) is 12.0. The highest BCUT2D eigenvalue weighted by Crippen LogP contribution is 2.15. The van der Waals surface area contributed by atoms with Crippen LogP contribution in [0.4, 0.5) is 0 Å². The number of aromatic carboxylic acids is 2. The topological polar surface area (TPSA) is 94.8 Å². The van der Waals surface area contributed by atoms with E-state index >= 15 is 0 Å². The predicted octanol–water partition coefficient (Wildman–Crippen LogP) is 3.63. The van der Waals surface area contributed by atoms with Gasteiger partial charge in [-0.15, -0.1) is 0 Å². The summed E-state index contributed by atoms with van der Waals surface area (Å²) >= 11 is 0. The average molecular weight is 310 g/mol. The Morgan fingerprint density at radius 2 is 1.30 bits per heavy atom. The summed E-state index contributed by atoms with van der Waals surface area (Å²) in [5, 5.41) is 28.1. The molecule has 0 atom stereocenters. The molecule has 3 aromatic carbocycles. The molecule has 23 heavy (non-hydrogen) atoms. The van der Waals surface area contributed by atoms with E-state index in [2.05, 4.69) is 0 Å². The molecule has 0 aliphatic heterocycles. The smallest absolute Gasteiger partial charge is 0.339 e. The number of phenols is 1. The molecule has 0 bridgehead atoms. The van der Waals surface area contributed by atoms with Crippen LogP contribution >= 0.6 is 0 Å². The number of carbonyl (C=O) groups is 2. The molecular formula is C18H14O5. The number of hydrogen-bond acceptors (Lipinski definition) is 3. The Labute approximate surface area is 132 Å². The van der Waals surface area contributed by atoms with Gasteiger partial charge in [0.05, 0.1) is 5.56 Å². The molecule has 3 N–H and O–H groups in total. The lowest BCUT2D eigenvalue weighted by Gasteiger charge is -1.98. The van der Waals surface area contributed by atoms with Crippen LogP contribution in [0.1, 0.15) is 20.7 Å². The zero-order chi connectivity index (χ0) is 16.8. The maximum atomic E-state index is 10.6. The fourth-order valence-electron chi connectivity index (χ4n) is 1.98. The van der Waals surface area contributed by atoms with Crippen molar-refractivity contribution >= 4 is 22.7 Å². The monoisotopic (exact) mass is 310 g/mol. The van der Waals surface area contributed by atoms with Gasteiger partial charge in [-0.25, -0.2) is 9.59 Å². The summed E-state index contributed by atoms with van der Waals surface area (Å²) in [7, 11) is 0. The SMILES string of the molecule is O=C(O)c1ccc2ccccc2c1.O=C(O)c1ccccc1O. The van der Waals surface area contributed by atoms with Crippen LogP contribution in [0.2, 0.25) is 0 Å². The Morgan fingerprint density at radius 3 is 1.87 bits per heavy atom. The lowest BCUT2D eigenvalue weighted by atomic mass is 10.1. The van der Waals surface area contributed by atoms with Crippen molar-refractivity contribution < 1.29 is 24.9 Å². The third-order valence-electron chi connectivity index (χ3n) is 3.13. The second-order valence-electron chi connectivity index (χ2n) is 4.69. The average Bonchev–Trinajstić information content (AvgIpc) is 2.55. The van der Waals surface area contributed by atoms with Gasteiger partial charge in [0.1, 0.15) is 11.3 Å². The maximum Gasteiger partial charge on any atom is 0.339 e. The van der Waals surface area contributed by atoms with Crippen LogP contribution in [0.3, 0.4) is 0 Å². The fraction of sp³-hybridized carbons (Fsp3) is 0. The summed E-state index contributed by atoms with van der Waals surface area (Å²) in [6, 6.07) is 18.6. The van der Waals surface area contributed by atoms with Crippen molar-refractivity contribution in [3.63, 3.8) is 0 Å². The van der Waals surface area contributed by atoms with E-state index < -0.39 is 11.9 Å². The van der Waals surface area contributed by atoms with Crippen molar-refractivity contribution in [2.24, 2.45) is 0 Å². The Balaban J connectivity index is 0.000000174. The second kappa shape index (κ2) is 7.09. The molecule has 0 saturated heterocycles. The Kier molecular flexibility index (Phi) is 4.94. The van der Waals surface area contributed by atoms with Crippen molar-refractivity contribution in [2.75, 3.05) is 0 Å². The molecule has 3 rings (SSSR count). The minimum atomic E-state index is -1.11. The quantitative estimate of drug-likeness (QED) is 0.672. The fourth-order valence-corrected chi connectivity index (χ4v) is 1.98. The lowest BCUT2D eigenvalue weighted by molar-refractivity contribution is 0.0684. The Morgan fingerprint density at radius 1 is 0.696 bits per heavy atom. The minimum absolute atomic E-state index is 0.0671. The van der Waals surface area contributed by atoms with E-state index in [9.17, 15) is 9.59 Å². The number of rotatable bonds is 2. The van der Waals surface area contributed by atoms with E-state index in [1.54, 1.807) is 24.3 Å². The third kappa shape index (κ3) is 4.07. The molecule has 0 aromatic heterocycles. The van der Waals surface area contributed by atoms with Gasteiger partial charge in [0.25, 0.3) is 0 Å². The van der Waals surface area contributed by atoms with Gasteiger partial charge in [-0.05, 0) is 35.0 Å². The van der Waals surface area contributed by atoms with Gasteiger partial charge >= 0.3 is 11.9 Å². The molecule has 116 valence electrons. The zero-order valence-electron chi connectivity index (χ0n) is 12.0. The van der Waals surface area contributed by atoms with E-state index in [0.29, 0.717) is 5.56 Å². The minimum Gasteiger partial charge on any atom is -0.507 e. The molecule has 0 fully saturated rings. The van der Waals surface area contributed by atoms with Crippen LogP contribution in [0, 0.1) is 0 Å². The second-order valence-corrected chi connectivity index (χ2v) is 4.69. The van der Waals surface area contributed by atoms with Crippen LogP contribution in [0.5, 0.6) is 5.75 Å². The van der Waals surface area contributed by atoms with E-state index in [0.717, 1.165) is 10.8 Å². The highest BCUT2D eigenvalue weighted by Gasteiger charge is 2.05. The van der Waals surface area contributed by atoms with Gasteiger partial charge in [-0.1, -0.05) is 42.5 Å². The summed E-state index contributed by atoms with van der Waals surface area (Å²) < 4.78 is 0. The van der Waals surface area contributed by atoms with E-state index in [4.69, 9.17) is 15.3 Å². The summed E-state index contributed by atoms with van der Waals surface area (Å²) in [5.41, 5.74) is 0.265. The number of benzene rings is 3. The summed E-state index contributed by atoms with van der Waals surface area (Å²) in [5.74, 6) is -2.20. The van der Waals surface area contributed by atoms with Crippen molar-refractivity contribution in [3.05, 3.63) is 77.9 Å². The van der Waals surface area contributed by atoms with Gasteiger partial charge in [0.15, 0.2) is 0 Å². The normalized spacial score (nSPS) is 9.74. The molecule has 3 aromatic rings. The lowest BCUT2D eigenvalue weighted by Crippen LogP contribution is -1.95. The highest BCUT2D eigenvalue weighted by atomic mass is 16.4. The summed E-state index contributed by atoms with van der Waals surface area (Å²) in [4.78, 5) is 20.9. The molecule has 0 radical (unpaired) electrons. The van der Waals surface area contributed by atoms with Crippen LogP contribution in [-0.4, -0.2) is 27.3 Å². The Bertz CT molecular complexity index is 855. The molecule has 0 aliphatic rings. The first-order chi connectivity index (χ1) is 11.0. The molecule has 0 amide bonds. The maximum absolute atomic E-state index is 10.6. The van der Waals surface area contributed by atoms with Crippen molar-refractivity contribution in [1.82, 2.24) is 0 Å². The van der Waals surface area contributed by atoms with Gasteiger partial charge < -0.3 is 15.3 Å². The molecular weight excluding hydrogens is 296 g/mol. The molecule has 0 saturated carbocycles. The van der Waals surface area contributed by atoms with Crippen molar-refractivity contribution in [2.45, 2.75) is 0 Å². The van der Waals surface area contributed by atoms with E-state index in [-0.39, 0.29) is 11.3 Å². The standard InChI is InChI=1S/C11H8O2.C7H6O3/c12-11(13)10-6-5-8-3-1-2-4-9(8)7-10;8-6-4-2-1-3-5(6)7(9)10/h1-7H,(H,12,13);1-4,8H,(H,9,10). The molecule has 5 nitrogen and oxygen atoms in total. The first kappa shape index (κ1) is 16.0. The number of hydrogen-bond donors (Lipinski definition) is 3. The van der Waals surface area contributed by atoms with Gasteiger partial charge in [0.2, 0.25) is 0 Å². The predicted molar refractivity (Wildman–Crippen MR) is 86.0 cm³/mol. The van der Waals surface area contributed by atoms with E-state index in [1.807, 2.05) is 30.3 Å². The summed E-state index contributed by atoms with van der Waals surface area (Å²) in [6.45, 7) is 0. The number of carboxylic acids is 2. The van der Waals surface area contributed by atoms with Crippen LogP contribution in [0.15, 0.2) is 66.7 Å². The first-order valence-electron chi connectivity index (χ1n) is 6.72. The van der Waals surface area contributed by atoms with Crippen molar-refractivity contribution in [1.29, 1.82) is 0 Å². The summed E-state index contributed by atoms with van der Waals surface area (Å²) in [6.07, 6.45) is 0. The van der Waals surface area contributed by atoms with Gasteiger partial charge in [0, 0.05) is 0 Å². The van der Waals surface area contributed by atoms with Crippen LogP contribution < -0.4 is 0 Å². The molecule has 0 unspecified atom stereocenters. The van der Waals surface area contributed by atoms with Gasteiger partial charge in [-0.2, -0.15) is 0 Å². The first-order valence-corrected chi connectivity index (χ1v) is 6.72. The number of para-hydroxylation sites is 1. The molecule has 0 aliphatic carbocycles. The van der Waals surface area contributed by atoms with E-state index in [1.165, 1.54) is 12.1 Å². The largest absolute Gasteiger partial charge is 0.507 e. The third-order valence-corrected chi connectivity index (χ3v) is 3.13. The van der Waals surface area contributed by atoms with Crippen LogP contribution in [0.25, 0.3) is 10.8 Å². The van der Waals surface area contributed by atoms with Crippen molar-refractivity contribution in [3.8, 4) is 5.75 Å². The van der Waals surface area contributed by atoms with Crippen LogP contribution in [-0.2, 0) is 0 Å². The number of fused-ring (bicyclic) bond motifs is 1. The number of aromatic hydroxyl groups is 1.